The number of carbonyl (C=O) groups is 2. The number of hydrogen-bond donors (Lipinski definition) is 1. The molecule has 7 aliphatic rings. The Hall–Kier alpha value is -2.01. The number of aliphatic hydroxyl groups is 1. The molecule has 2 aliphatic heterocycles. The number of nitrogens with zero attached hydrogens (tertiary/aromatic N) is 3. The van der Waals surface area contributed by atoms with Crippen LogP contribution in [0.4, 0.5) is 0 Å². The van der Waals surface area contributed by atoms with E-state index in [1.165, 1.54) is 45.4 Å². The number of aryl methyl sites for hydroxylation is 1. The Bertz CT molecular complexity index is 1470. The number of amides is 1. The molecule has 1 aromatic rings. The molecule has 8 rings (SSSR count). The number of aromatic nitrogens is 2. The summed E-state index contributed by atoms with van der Waals surface area (Å²) in [6.07, 6.45) is 14.1. The second-order valence-corrected chi connectivity index (χ2v) is 18.6. The van der Waals surface area contributed by atoms with Gasteiger partial charge in [-0.25, -0.2) is 4.98 Å². The number of carbonyl (C=O) groups excluding carboxylic acids is 2. The quantitative estimate of drug-likeness (QED) is 0.392. The minimum atomic E-state index is -1.16. The van der Waals surface area contributed by atoms with E-state index in [2.05, 4.69) is 25.8 Å². The minimum absolute atomic E-state index is 0.0195. The molecule has 7 fully saturated rings. The predicted octanol–water partition coefficient (Wildman–Crippen LogP) is 5.51. The van der Waals surface area contributed by atoms with Crippen molar-refractivity contribution >= 4 is 11.9 Å². The molecule has 12 atom stereocenters. The fraction of sp³-hybridized carbons (Fsp3) is 0.872. The topological polar surface area (TPSA) is 112 Å². The summed E-state index contributed by atoms with van der Waals surface area (Å²) in [5.74, 6) is 2.55. The lowest BCUT2D eigenvalue weighted by molar-refractivity contribution is -0.241. The molecule has 10 heteroatoms. The second kappa shape index (κ2) is 11.5. The molecule has 8 unspecified atom stereocenters. The Morgan fingerprint density at radius 3 is 2.53 bits per heavy atom. The van der Waals surface area contributed by atoms with Crippen LogP contribution in [-0.4, -0.2) is 87.4 Å². The van der Waals surface area contributed by atoms with Crippen molar-refractivity contribution in [3.63, 3.8) is 0 Å². The zero-order valence-electron chi connectivity index (χ0n) is 30.8. The molecule has 0 aromatic carbocycles. The monoisotopic (exact) mass is 681 g/mol. The number of ether oxygens (including phenoxy) is 4. The summed E-state index contributed by atoms with van der Waals surface area (Å²) in [4.78, 5) is 31.3. The largest absolute Gasteiger partial charge is 0.457 e. The van der Waals surface area contributed by atoms with Crippen LogP contribution in [0.25, 0.3) is 0 Å². The molecule has 49 heavy (non-hydrogen) atoms. The third-order valence-electron chi connectivity index (χ3n) is 15.5. The van der Waals surface area contributed by atoms with Crippen molar-refractivity contribution in [2.45, 2.75) is 142 Å². The summed E-state index contributed by atoms with van der Waals surface area (Å²) in [7, 11) is 1.85. The van der Waals surface area contributed by atoms with Crippen molar-refractivity contribution < 1.29 is 33.6 Å². The van der Waals surface area contributed by atoms with Gasteiger partial charge in [0.05, 0.1) is 37.1 Å². The van der Waals surface area contributed by atoms with Crippen molar-refractivity contribution in [3.8, 4) is 0 Å². The van der Waals surface area contributed by atoms with Gasteiger partial charge in [-0.05, 0) is 123 Å². The van der Waals surface area contributed by atoms with Gasteiger partial charge in [0.15, 0.2) is 18.2 Å². The smallest absolute Gasteiger partial charge is 0.303 e. The first-order chi connectivity index (χ1) is 23.1. The normalized spacial score (nSPS) is 44.4. The lowest BCUT2D eigenvalue weighted by Crippen LogP contribution is -2.56. The Morgan fingerprint density at radius 1 is 1.04 bits per heavy atom. The number of esters is 1. The van der Waals surface area contributed by atoms with Crippen LogP contribution in [0, 0.1) is 45.3 Å². The van der Waals surface area contributed by atoms with E-state index in [0.29, 0.717) is 54.1 Å². The summed E-state index contributed by atoms with van der Waals surface area (Å²) in [5.41, 5.74) is -0.0379. The highest BCUT2D eigenvalue weighted by atomic mass is 16.7. The van der Waals surface area contributed by atoms with Gasteiger partial charge in [-0.3, -0.25) is 9.59 Å². The van der Waals surface area contributed by atoms with Crippen molar-refractivity contribution in [2.24, 2.45) is 52.4 Å². The van der Waals surface area contributed by atoms with Crippen LogP contribution in [0.3, 0.4) is 0 Å². The number of rotatable bonds is 6. The molecule has 3 heterocycles. The maximum absolute atomic E-state index is 13.2. The Labute approximate surface area is 291 Å². The highest BCUT2D eigenvalue weighted by molar-refractivity contribution is 5.90. The van der Waals surface area contributed by atoms with Gasteiger partial charge in [-0.15, -0.1) is 0 Å². The molecule has 10 nitrogen and oxygen atoms in total. The van der Waals surface area contributed by atoms with Gasteiger partial charge in [0, 0.05) is 32.9 Å². The average Bonchev–Trinajstić information content (AvgIpc) is 3.34. The minimum Gasteiger partial charge on any atom is -0.457 e. The second-order valence-electron chi connectivity index (χ2n) is 18.6. The molecule has 1 amide bonds. The number of hydrogen-bond acceptors (Lipinski definition) is 8. The molecule has 5 aliphatic carbocycles. The molecule has 0 bridgehead atoms. The van der Waals surface area contributed by atoms with Crippen LogP contribution >= 0.6 is 0 Å². The van der Waals surface area contributed by atoms with Crippen molar-refractivity contribution in [1.82, 2.24) is 14.5 Å². The van der Waals surface area contributed by atoms with Gasteiger partial charge in [0.1, 0.15) is 0 Å². The fourth-order valence-corrected chi connectivity index (χ4v) is 13.4. The Morgan fingerprint density at radius 2 is 1.82 bits per heavy atom. The van der Waals surface area contributed by atoms with E-state index in [1.54, 1.807) is 30.8 Å². The summed E-state index contributed by atoms with van der Waals surface area (Å²) < 4.78 is 27.3. The third-order valence-corrected chi connectivity index (χ3v) is 15.5. The molecule has 5 saturated carbocycles. The van der Waals surface area contributed by atoms with Crippen molar-refractivity contribution in [2.75, 3.05) is 19.7 Å². The third kappa shape index (κ3) is 5.11. The van der Waals surface area contributed by atoms with E-state index in [1.807, 2.05) is 11.9 Å². The Balaban J connectivity index is 0.953. The predicted molar refractivity (Wildman–Crippen MR) is 181 cm³/mol. The number of fused-ring (bicyclic) bond motifs is 4. The van der Waals surface area contributed by atoms with Gasteiger partial charge in [0.2, 0.25) is 0 Å². The molecular weight excluding hydrogens is 622 g/mol. The van der Waals surface area contributed by atoms with Gasteiger partial charge in [-0.2, -0.15) is 0 Å². The van der Waals surface area contributed by atoms with Crippen molar-refractivity contribution in [3.05, 3.63) is 18.2 Å². The first-order valence-corrected chi connectivity index (χ1v) is 19.2. The van der Waals surface area contributed by atoms with E-state index >= 15 is 0 Å². The van der Waals surface area contributed by atoms with Gasteiger partial charge < -0.3 is 33.5 Å². The lowest BCUT2D eigenvalue weighted by Gasteiger charge is -2.60. The molecule has 0 radical (unpaired) electrons. The van der Waals surface area contributed by atoms with Crippen LogP contribution in [0.5, 0.6) is 0 Å². The average molecular weight is 682 g/mol. The van der Waals surface area contributed by atoms with Crippen LogP contribution in [0.1, 0.15) is 116 Å². The summed E-state index contributed by atoms with van der Waals surface area (Å²) >= 11 is 0. The summed E-state index contributed by atoms with van der Waals surface area (Å²) in [6.45, 7) is 13.8. The van der Waals surface area contributed by atoms with E-state index in [-0.39, 0.29) is 41.0 Å². The van der Waals surface area contributed by atoms with Crippen LogP contribution in [-0.2, 0) is 30.8 Å². The van der Waals surface area contributed by atoms with E-state index in [4.69, 9.17) is 18.9 Å². The standard InChI is InChI=1S/C39H59N3O7/c1-23(43)47-32(36(4,5)45)27-10-8-25-28(48-27)20-26-24-9-11-29-35(2,3)30(12-13-39(29)22-38(24,39)15-14-37(25,26)6)49-31-21-42(18-19-46-31)34(44)33-40-16-17-41(33)7/h16-17,24-32,45H,8-15,18-22H2,1-7H3/t24?,25?,26?,27?,28?,29?,30-,31?,32-,37+,38?,39+/m0/s1. The molecular formula is C39H59N3O7. The SMILES string of the molecule is CC(=O)O[C@@H](C1CCC2C(CC3C4CCC5C(C)(C)[C@@H](OC6CN(C(=O)c7nccn7C)CCO6)CC[C@@]56CC46CC[C@]23C)O1)C(C)(C)O. The van der Waals surface area contributed by atoms with E-state index in [9.17, 15) is 14.7 Å². The van der Waals surface area contributed by atoms with Gasteiger partial charge in [-0.1, -0.05) is 20.8 Å². The van der Waals surface area contributed by atoms with Gasteiger partial charge >= 0.3 is 5.97 Å². The fourth-order valence-electron chi connectivity index (χ4n) is 13.4. The lowest BCUT2D eigenvalue weighted by atomic mass is 9.46. The molecule has 272 valence electrons. The molecule has 1 aromatic heterocycles. The highest BCUT2D eigenvalue weighted by Gasteiger charge is 2.80. The molecule has 2 spiro atoms. The van der Waals surface area contributed by atoms with E-state index < -0.39 is 18.0 Å². The Kier molecular flexibility index (Phi) is 8.00. The maximum Gasteiger partial charge on any atom is 0.303 e. The molecule has 2 saturated heterocycles. The van der Waals surface area contributed by atoms with Crippen molar-refractivity contribution in [1.29, 1.82) is 0 Å². The first kappa shape index (κ1) is 34.1. The summed E-state index contributed by atoms with van der Waals surface area (Å²) in [5, 5.41) is 10.9. The van der Waals surface area contributed by atoms with Crippen LogP contribution in [0.2, 0.25) is 0 Å². The van der Waals surface area contributed by atoms with E-state index in [0.717, 1.165) is 31.6 Å². The number of imidazole rings is 1. The maximum atomic E-state index is 13.2. The molecule has 1 N–H and O–H groups in total. The highest BCUT2D eigenvalue weighted by Crippen LogP contribution is 2.87. The summed E-state index contributed by atoms with van der Waals surface area (Å²) in [6, 6.07) is 0. The zero-order chi connectivity index (χ0) is 34.7. The van der Waals surface area contributed by atoms with Crippen LogP contribution < -0.4 is 0 Å². The zero-order valence-corrected chi connectivity index (χ0v) is 30.8. The first-order valence-electron chi connectivity index (χ1n) is 19.2. The number of morpholine rings is 1. The van der Waals surface area contributed by atoms with Crippen LogP contribution in [0.15, 0.2) is 12.4 Å². The van der Waals surface area contributed by atoms with Gasteiger partial charge in [0.25, 0.3) is 5.91 Å².